The second kappa shape index (κ2) is 8.52. The summed E-state index contributed by atoms with van der Waals surface area (Å²) >= 11 is 0. The van der Waals surface area contributed by atoms with E-state index in [4.69, 9.17) is 8.94 Å². The van der Waals surface area contributed by atoms with Crippen molar-refractivity contribution in [3.8, 4) is 17.3 Å². The number of phenolic OH excluding ortho intramolecular Hbond substituents is 1. The van der Waals surface area contributed by atoms with Crippen molar-refractivity contribution in [1.29, 1.82) is 0 Å². The number of amides is 1. The number of sulfonamides is 1. The lowest BCUT2D eigenvalue weighted by Gasteiger charge is -2.34. The third-order valence-corrected chi connectivity index (χ3v) is 7.01. The molecule has 11 heteroatoms. The molecular weight excluding hydrogens is 424 g/mol. The van der Waals surface area contributed by atoms with Crippen LogP contribution in [0.25, 0.3) is 11.6 Å². The minimum atomic E-state index is -3.84. The second-order valence-corrected chi connectivity index (χ2v) is 9.15. The number of aryl methyl sites for hydroxylation is 2. The van der Waals surface area contributed by atoms with Crippen molar-refractivity contribution < 1.29 is 27.3 Å². The standard InChI is InChI=1S/C20H22N4O6S/c1-14-4-5-15(25)17(13-14)31(27,28)24-10-8-23(9-11-24)19(26)7-6-18-21-20(22-30-18)16-3-2-12-29-16/h2-5,12-13,25H,6-11H2,1H3. The van der Waals surface area contributed by atoms with Gasteiger partial charge in [0.25, 0.3) is 0 Å². The Morgan fingerprint density at radius 1 is 1.19 bits per heavy atom. The van der Waals surface area contributed by atoms with Crippen molar-refractivity contribution >= 4 is 15.9 Å². The van der Waals surface area contributed by atoms with Crippen molar-refractivity contribution in [1.82, 2.24) is 19.3 Å². The minimum Gasteiger partial charge on any atom is -0.507 e. The molecular formula is C20H22N4O6S. The molecule has 0 aliphatic carbocycles. The van der Waals surface area contributed by atoms with E-state index >= 15 is 0 Å². The molecule has 0 unspecified atom stereocenters. The van der Waals surface area contributed by atoms with E-state index in [9.17, 15) is 18.3 Å². The van der Waals surface area contributed by atoms with Crippen LogP contribution in [0.4, 0.5) is 0 Å². The first-order valence-electron chi connectivity index (χ1n) is 9.78. The van der Waals surface area contributed by atoms with Gasteiger partial charge in [0.05, 0.1) is 6.26 Å². The van der Waals surface area contributed by atoms with Gasteiger partial charge in [0, 0.05) is 39.0 Å². The van der Waals surface area contributed by atoms with Gasteiger partial charge in [-0.25, -0.2) is 8.42 Å². The fourth-order valence-corrected chi connectivity index (χ4v) is 4.97. The summed E-state index contributed by atoms with van der Waals surface area (Å²) in [5.74, 6) is 0.741. The van der Waals surface area contributed by atoms with Crippen molar-refractivity contribution in [2.24, 2.45) is 0 Å². The molecule has 0 radical (unpaired) electrons. The van der Waals surface area contributed by atoms with Gasteiger partial charge in [-0.15, -0.1) is 0 Å². The molecule has 1 aliphatic heterocycles. The molecule has 3 heterocycles. The topological polar surface area (TPSA) is 130 Å². The van der Waals surface area contributed by atoms with Crippen LogP contribution in [-0.4, -0.2) is 65.0 Å². The molecule has 1 amide bonds. The van der Waals surface area contributed by atoms with E-state index in [1.54, 1.807) is 30.0 Å². The van der Waals surface area contributed by atoms with Crippen LogP contribution in [0.1, 0.15) is 17.9 Å². The van der Waals surface area contributed by atoms with Gasteiger partial charge in [-0.3, -0.25) is 4.79 Å². The largest absolute Gasteiger partial charge is 0.507 e. The number of carbonyl (C=O) groups excluding carboxylic acids is 1. The fraction of sp³-hybridized carbons (Fsp3) is 0.350. The molecule has 0 spiro atoms. The number of furan rings is 1. The minimum absolute atomic E-state index is 0.115. The van der Waals surface area contributed by atoms with E-state index in [1.807, 2.05) is 0 Å². The first-order valence-corrected chi connectivity index (χ1v) is 11.2. The highest BCUT2D eigenvalue weighted by atomic mass is 32.2. The van der Waals surface area contributed by atoms with Crippen LogP contribution in [0, 0.1) is 6.92 Å². The fourth-order valence-electron chi connectivity index (χ4n) is 3.38. The maximum Gasteiger partial charge on any atom is 0.246 e. The summed E-state index contributed by atoms with van der Waals surface area (Å²) in [5, 5.41) is 13.8. The number of phenols is 1. The summed E-state index contributed by atoms with van der Waals surface area (Å²) in [6.07, 6.45) is 1.96. The van der Waals surface area contributed by atoms with E-state index in [-0.39, 0.29) is 55.6 Å². The maximum absolute atomic E-state index is 12.9. The van der Waals surface area contributed by atoms with Gasteiger partial charge in [0.2, 0.25) is 27.6 Å². The summed E-state index contributed by atoms with van der Waals surface area (Å²) in [5.41, 5.74) is 0.737. The van der Waals surface area contributed by atoms with Gasteiger partial charge < -0.3 is 18.9 Å². The van der Waals surface area contributed by atoms with Crippen LogP contribution < -0.4 is 0 Å². The lowest BCUT2D eigenvalue weighted by Crippen LogP contribution is -2.50. The lowest BCUT2D eigenvalue weighted by atomic mass is 10.2. The van der Waals surface area contributed by atoms with Crippen molar-refractivity contribution in [3.05, 3.63) is 48.0 Å². The van der Waals surface area contributed by atoms with E-state index in [0.717, 1.165) is 5.56 Å². The number of rotatable bonds is 6. The summed E-state index contributed by atoms with van der Waals surface area (Å²) in [7, 11) is -3.84. The third-order valence-electron chi connectivity index (χ3n) is 5.09. The van der Waals surface area contributed by atoms with E-state index in [1.165, 1.54) is 22.7 Å². The van der Waals surface area contributed by atoms with Gasteiger partial charge in [-0.2, -0.15) is 9.29 Å². The van der Waals surface area contributed by atoms with Crippen molar-refractivity contribution in [2.45, 2.75) is 24.7 Å². The van der Waals surface area contributed by atoms with Gasteiger partial charge >= 0.3 is 0 Å². The van der Waals surface area contributed by atoms with Crippen LogP contribution in [-0.2, 0) is 21.2 Å². The van der Waals surface area contributed by atoms with Crippen LogP contribution in [0.2, 0.25) is 0 Å². The Hall–Kier alpha value is -3.18. The Morgan fingerprint density at radius 2 is 1.97 bits per heavy atom. The molecule has 4 rings (SSSR count). The highest BCUT2D eigenvalue weighted by molar-refractivity contribution is 7.89. The molecule has 1 fully saturated rings. The SMILES string of the molecule is Cc1ccc(O)c(S(=O)(=O)N2CCN(C(=O)CCc3nc(-c4ccco4)no3)CC2)c1. The average Bonchev–Trinajstić information content (AvgIpc) is 3.45. The summed E-state index contributed by atoms with van der Waals surface area (Å²) in [6, 6.07) is 7.89. The molecule has 1 aromatic carbocycles. The predicted octanol–water partition coefficient (Wildman–Crippen LogP) is 1.81. The molecule has 31 heavy (non-hydrogen) atoms. The summed E-state index contributed by atoms with van der Waals surface area (Å²) in [4.78, 5) is 18.3. The summed E-state index contributed by atoms with van der Waals surface area (Å²) < 4.78 is 37.4. The quantitative estimate of drug-likeness (QED) is 0.607. The van der Waals surface area contributed by atoms with E-state index < -0.39 is 10.0 Å². The molecule has 3 aromatic rings. The molecule has 0 bridgehead atoms. The van der Waals surface area contributed by atoms with Crippen LogP contribution >= 0.6 is 0 Å². The zero-order valence-electron chi connectivity index (χ0n) is 16.9. The number of piperazine rings is 1. The molecule has 1 aliphatic rings. The average molecular weight is 446 g/mol. The van der Waals surface area contributed by atoms with Gasteiger partial charge in [0.1, 0.15) is 10.6 Å². The number of carbonyl (C=O) groups is 1. The normalized spacial score (nSPS) is 15.3. The number of nitrogens with zero attached hydrogens (tertiary/aromatic N) is 4. The zero-order chi connectivity index (χ0) is 22.0. The highest BCUT2D eigenvalue weighted by Crippen LogP contribution is 2.27. The molecule has 1 N–H and O–H groups in total. The van der Waals surface area contributed by atoms with Crippen molar-refractivity contribution in [3.63, 3.8) is 0 Å². The molecule has 0 atom stereocenters. The highest BCUT2D eigenvalue weighted by Gasteiger charge is 2.32. The first kappa shape index (κ1) is 21.1. The zero-order valence-corrected chi connectivity index (χ0v) is 17.7. The monoisotopic (exact) mass is 446 g/mol. The number of aromatic nitrogens is 2. The maximum atomic E-state index is 12.9. The Morgan fingerprint density at radius 3 is 2.68 bits per heavy atom. The number of hydrogen-bond acceptors (Lipinski definition) is 8. The molecule has 164 valence electrons. The number of benzene rings is 1. The molecule has 10 nitrogen and oxygen atoms in total. The van der Waals surface area contributed by atoms with E-state index in [0.29, 0.717) is 17.5 Å². The van der Waals surface area contributed by atoms with E-state index in [2.05, 4.69) is 10.1 Å². The van der Waals surface area contributed by atoms with Gasteiger partial charge in [-0.1, -0.05) is 11.2 Å². The predicted molar refractivity (Wildman–Crippen MR) is 109 cm³/mol. The second-order valence-electron chi connectivity index (χ2n) is 7.25. The van der Waals surface area contributed by atoms with Gasteiger partial charge in [0.15, 0.2) is 5.76 Å². The number of aromatic hydroxyl groups is 1. The van der Waals surface area contributed by atoms with Gasteiger partial charge in [-0.05, 0) is 36.8 Å². The smallest absolute Gasteiger partial charge is 0.246 e. The summed E-state index contributed by atoms with van der Waals surface area (Å²) in [6.45, 7) is 2.61. The molecule has 1 saturated heterocycles. The number of hydrogen-bond donors (Lipinski definition) is 1. The Balaban J connectivity index is 1.32. The molecule has 2 aromatic heterocycles. The Labute approximate surface area is 179 Å². The van der Waals surface area contributed by atoms with Crippen LogP contribution in [0.5, 0.6) is 5.75 Å². The molecule has 0 saturated carbocycles. The van der Waals surface area contributed by atoms with Crippen molar-refractivity contribution in [2.75, 3.05) is 26.2 Å². The Bertz CT molecular complexity index is 1160. The van der Waals surface area contributed by atoms with Crippen LogP contribution in [0.3, 0.4) is 0 Å². The Kier molecular flexibility index (Phi) is 5.79. The first-order chi connectivity index (χ1) is 14.8. The van der Waals surface area contributed by atoms with Crippen LogP contribution in [0.15, 0.2) is 50.4 Å². The third kappa shape index (κ3) is 4.47. The lowest BCUT2D eigenvalue weighted by molar-refractivity contribution is -0.132.